The Balaban J connectivity index is 2.01. The van der Waals surface area contributed by atoms with Gasteiger partial charge in [0.15, 0.2) is 5.82 Å². The quantitative estimate of drug-likeness (QED) is 0.901. The molecule has 2 heterocycles. The first-order valence-corrected chi connectivity index (χ1v) is 5.90. The molecule has 6 nitrogen and oxygen atoms in total. The van der Waals surface area contributed by atoms with E-state index in [1.807, 2.05) is 26.8 Å². The molecule has 0 radical (unpaired) electrons. The Morgan fingerprint density at radius 1 is 1.37 bits per heavy atom. The van der Waals surface area contributed by atoms with Crippen molar-refractivity contribution in [3.05, 3.63) is 36.8 Å². The highest BCUT2D eigenvalue weighted by Crippen LogP contribution is 2.12. The predicted molar refractivity (Wildman–Crippen MR) is 71.2 cm³/mol. The Bertz CT molecular complexity index is 541. The van der Waals surface area contributed by atoms with Crippen molar-refractivity contribution in [1.82, 2.24) is 14.8 Å². The van der Waals surface area contributed by atoms with Gasteiger partial charge in [0, 0.05) is 12.4 Å². The normalized spacial score (nSPS) is 11.1. The van der Waals surface area contributed by atoms with Gasteiger partial charge in [-0.15, -0.1) is 0 Å². The summed E-state index contributed by atoms with van der Waals surface area (Å²) >= 11 is 0. The van der Waals surface area contributed by atoms with E-state index in [2.05, 4.69) is 15.4 Å². The number of ether oxygens (including phenoxy) is 1. The molecule has 2 rings (SSSR count). The fraction of sp³-hybridized carbons (Fsp3) is 0.308. The minimum atomic E-state index is -0.521. The maximum Gasteiger partial charge on any atom is 0.412 e. The summed E-state index contributed by atoms with van der Waals surface area (Å²) in [6.45, 7) is 5.43. The van der Waals surface area contributed by atoms with Crippen LogP contribution in [0.2, 0.25) is 0 Å². The zero-order valence-electron chi connectivity index (χ0n) is 11.1. The van der Waals surface area contributed by atoms with Crippen LogP contribution >= 0.6 is 0 Å². The molecule has 19 heavy (non-hydrogen) atoms. The van der Waals surface area contributed by atoms with Crippen molar-refractivity contribution in [2.45, 2.75) is 26.4 Å². The molecule has 2 aromatic heterocycles. The number of anilines is 1. The van der Waals surface area contributed by atoms with Crippen molar-refractivity contribution in [3.8, 4) is 5.82 Å². The second kappa shape index (κ2) is 5.09. The molecule has 0 aliphatic heterocycles. The zero-order chi connectivity index (χ0) is 13.9. The zero-order valence-corrected chi connectivity index (χ0v) is 11.1. The second-order valence-electron chi connectivity index (χ2n) is 4.98. The van der Waals surface area contributed by atoms with Crippen molar-refractivity contribution >= 4 is 11.8 Å². The molecule has 0 aliphatic carbocycles. The molecular weight excluding hydrogens is 244 g/mol. The van der Waals surface area contributed by atoms with Gasteiger partial charge < -0.3 is 4.74 Å². The van der Waals surface area contributed by atoms with Crippen LogP contribution in [0.5, 0.6) is 0 Å². The van der Waals surface area contributed by atoms with Gasteiger partial charge in [-0.3, -0.25) is 5.32 Å². The molecule has 0 spiro atoms. The lowest BCUT2D eigenvalue weighted by Gasteiger charge is -2.19. The first-order chi connectivity index (χ1) is 8.94. The first kappa shape index (κ1) is 13.1. The molecule has 0 saturated heterocycles. The largest absolute Gasteiger partial charge is 0.444 e. The van der Waals surface area contributed by atoms with Gasteiger partial charge >= 0.3 is 6.09 Å². The van der Waals surface area contributed by atoms with E-state index in [4.69, 9.17) is 4.74 Å². The van der Waals surface area contributed by atoms with E-state index in [1.165, 1.54) is 0 Å². The number of pyridine rings is 1. The first-order valence-electron chi connectivity index (χ1n) is 5.90. The number of rotatable bonds is 2. The Morgan fingerprint density at radius 3 is 2.68 bits per heavy atom. The summed E-state index contributed by atoms with van der Waals surface area (Å²) in [5, 5.41) is 6.69. The monoisotopic (exact) mass is 260 g/mol. The van der Waals surface area contributed by atoms with Gasteiger partial charge in [0.1, 0.15) is 5.60 Å². The van der Waals surface area contributed by atoms with Crippen LogP contribution in [0, 0.1) is 0 Å². The summed E-state index contributed by atoms with van der Waals surface area (Å²) < 4.78 is 6.78. The molecule has 6 heteroatoms. The Kier molecular flexibility index (Phi) is 3.50. The minimum absolute atomic E-state index is 0.499. The SMILES string of the molecule is CC(C)(C)OC(=O)Nc1ccc(-n2cccn2)nc1. The van der Waals surface area contributed by atoms with E-state index < -0.39 is 11.7 Å². The number of aromatic nitrogens is 3. The molecule has 2 aromatic rings. The van der Waals surface area contributed by atoms with Crippen molar-refractivity contribution in [1.29, 1.82) is 0 Å². The minimum Gasteiger partial charge on any atom is -0.444 e. The van der Waals surface area contributed by atoms with E-state index in [1.54, 1.807) is 35.4 Å². The number of carbonyl (C=O) groups excluding carboxylic acids is 1. The van der Waals surface area contributed by atoms with Gasteiger partial charge in [0.2, 0.25) is 0 Å². The lowest BCUT2D eigenvalue weighted by Crippen LogP contribution is -2.27. The summed E-state index contributed by atoms with van der Waals surface area (Å²) in [4.78, 5) is 15.8. The number of hydrogen-bond acceptors (Lipinski definition) is 4. The van der Waals surface area contributed by atoms with Crippen LogP contribution in [0.4, 0.5) is 10.5 Å². The highest BCUT2D eigenvalue weighted by atomic mass is 16.6. The van der Waals surface area contributed by atoms with Gasteiger partial charge in [-0.25, -0.2) is 14.5 Å². The molecule has 0 bridgehead atoms. The van der Waals surface area contributed by atoms with E-state index in [0.29, 0.717) is 11.5 Å². The molecule has 1 amide bonds. The topological polar surface area (TPSA) is 69.0 Å². The highest BCUT2D eigenvalue weighted by molar-refractivity contribution is 5.84. The number of hydrogen-bond donors (Lipinski definition) is 1. The van der Waals surface area contributed by atoms with Crippen LogP contribution in [-0.4, -0.2) is 26.5 Å². The molecule has 0 aromatic carbocycles. The van der Waals surface area contributed by atoms with E-state index >= 15 is 0 Å². The number of amides is 1. The fourth-order valence-corrected chi connectivity index (χ4v) is 1.42. The standard InChI is InChI=1S/C13H16N4O2/c1-13(2,3)19-12(18)16-10-5-6-11(14-9-10)17-8-4-7-15-17/h4-9H,1-3H3,(H,16,18). The summed E-state index contributed by atoms with van der Waals surface area (Å²) in [6.07, 6.45) is 4.53. The molecular formula is C13H16N4O2. The second-order valence-corrected chi connectivity index (χ2v) is 4.98. The lowest BCUT2D eigenvalue weighted by atomic mass is 10.2. The summed E-state index contributed by atoms with van der Waals surface area (Å²) in [5.74, 6) is 0.680. The molecule has 0 atom stereocenters. The highest BCUT2D eigenvalue weighted by Gasteiger charge is 2.16. The third-order valence-corrected chi connectivity index (χ3v) is 2.13. The van der Waals surface area contributed by atoms with E-state index in [0.717, 1.165) is 0 Å². The predicted octanol–water partition coefficient (Wildman–Crippen LogP) is 2.61. The van der Waals surface area contributed by atoms with Gasteiger partial charge in [-0.1, -0.05) is 0 Å². The van der Waals surface area contributed by atoms with E-state index in [-0.39, 0.29) is 0 Å². The number of nitrogens with one attached hydrogen (secondary N) is 1. The summed E-state index contributed by atoms with van der Waals surface area (Å²) in [6, 6.07) is 5.32. The van der Waals surface area contributed by atoms with Gasteiger partial charge in [-0.2, -0.15) is 5.10 Å². The van der Waals surface area contributed by atoms with Crippen molar-refractivity contribution in [2.24, 2.45) is 0 Å². The van der Waals surface area contributed by atoms with Crippen molar-refractivity contribution < 1.29 is 9.53 Å². The van der Waals surface area contributed by atoms with Gasteiger partial charge in [-0.05, 0) is 39.0 Å². The Hall–Kier alpha value is -2.37. The van der Waals surface area contributed by atoms with Crippen molar-refractivity contribution in [3.63, 3.8) is 0 Å². The summed E-state index contributed by atoms with van der Waals surface area (Å²) in [7, 11) is 0. The van der Waals surface area contributed by atoms with Crippen LogP contribution in [-0.2, 0) is 4.74 Å². The average molecular weight is 260 g/mol. The van der Waals surface area contributed by atoms with Crippen LogP contribution in [0.25, 0.3) is 5.82 Å². The maximum atomic E-state index is 11.6. The summed E-state index contributed by atoms with van der Waals surface area (Å²) in [5.41, 5.74) is 0.0529. The van der Waals surface area contributed by atoms with Gasteiger partial charge in [0.25, 0.3) is 0 Å². The van der Waals surface area contributed by atoms with Crippen LogP contribution in [0.15, 0.2) is 36.8 Å². The third kappa shape index (κ3) is 3.80. The van der Waals surface area contributed by atoms with Crippen LogP contribution < -0.4 is 5.32 Å². The Labute approximate surface area is 111 Å². The van der Waals surface area contributed by atoms with Crippen LogP contribution in [0.1, 0.15) is 20.8 Å². The maximum absolute atomic E-state index is 11.6. The molecule has 100 valence electrons. The number of nitrogens with zero attached hydrogens (tertiary/aromatic N) is 3. The van der Waals surface area contributed by atoms with Gasteiger partial charge in [0.05, 0.1) is 11.9 Å². The van der Waals surface area contributed by atoms with Crippen molar-refractivity contribution in [2.75, 3.05) is 5.32 Å². The molecule has 0 unspecified atom stereocenters. The Morgan fingerprint density at radius 2 is 2.16 bits per heavy atom. The van der Waals surface area contributed by atoms with E-state index in [9.17, 15) is 4.79 Å². The molecule has 0 saturated carbocycles. The molecule has 0 fully saturated rings. The third-order valence-electron chi connectivity index (χ3n) is 2.13. The molecule has 1 N–H and O–H groups in total. The fourth-order valence-electron chi connectivity index (χ4n) is 1.42. The lowest BCUT2D eigenvalue weighted by molar-refractivity contribution is 0.0636. The number of carbonyl (C=O) groups is 1. The smallest absolute Gasteiger partial charge is 0.412 e. The average Bonchev–Trinajstić information content (AvgIpc) is 2.80. The molecule has 0 aliphatic rings. The van der Waals surface area contributed by atoms with Crippen LogP contribution in [0.3, 0.4) is 0 Å².